The van der Waals surface area contributed by atoms with Gasteiger partial charge in [-0.1, -0.05) is 72.4 Å². The van der Waals surface area contributed by atoms with Crippen LogP contribution in [0.1, 0.15) is 17.2 Å². The number of carbonyl (C=O) groups excluding carboxylic acids is 3. The number of alkyl halides is 1. The molecule has 2 aromatic carbocycles. The summed E-state index contributed by atoms with van der Waals surface area (Å²) in [5.74, 6) is -2.51. The van der Waals surface area contributed by atoms with Gasteiger partial charge in [0.2, 0.25) is 11.6 Å². The summed E-state index contributed by atoms with van der Waals surface area (Å²) in [5, 5.41) is 14.2. The topological polar surface area (TPSA) is 151 Å². The van der Waals surface area contributed by atoms with Gasteiger partial charge in [-0.05, 0) is 27.8 Å². The number of nitroso groups, excluding NO2 is 1. The zero-order valence-electron chi connectivity index (χ0n) is 21.8. The lowest BCUT2D eigenvalue weighted by Gasteiger charge is -2.54. The van der Waals surface area contributed by atoms with Crippen molar-refractivity contribution in [3.8, 4) is 0 Å². The van der Waals surface area contributed by atoms with Crippen molar-refractivity contribution < 1.29 is 24.2 Å². The van der Waals surface area contributed by atoms with E-state index in [9.17, 15) is 24.4 Å². The number of fused-ring (bicyclic) bond motifs is 1. The van der Waals surface area contributed by atoms with Gasteiger partial charge in [0.1, 0.15) is 28.9 Å². The molecule has 2 amide bonds. The summed E-state index contributed by atoms with van der Waals surface area (Å²) in [6.45, 7) is 0.0539. The zero-order valence-corrected chi connectivity index (χ0v) is 25.0. The lowest BCUT2D eigenvalue weighted by molar-refractivity contribution is -0.164. The number of allylic oxidation sites excluding steroid dienone is 1. The molecule has 0 bridgehead atoms. The minimum atomic E-state index is -1.10. The molecule has 2 unspecified atom stereocenters. The minimum Gasteiger partial charge on any atom is -0.508 e. The van der Waals surface area contributed by atoms with Gasteiger partial charge < -0.3 is 20.1 Å². The molecule has 3 aromatic rings. The minimum absolute atomic E-state index is 0.0539. The molecule has 1 aromatic heterocycles. The Balaban J connectivity index is 1.38. The quantitative estimate of drug-likeness (QED) is 0.0592. The van der Waals surface area contributed by atoms with E-state index in [1.54, 1.807) is 0 Å². The number of aliphatic hydroxyl groups excluding tert-OH is 1. The second-order valence-electron chi connectivity index (χ2n) is 9.52. The van der Waals surface area contributed by atoms with Gasteiger partial charge in [0.05, 0.1) is 5.88 Å². The Morgan fingerprint density at radius 1 is 1.19 bits per heavy atom. The number of benzene rings is 2. The van der Waals surface area contributed by atoms with Crippen LogP contribution in [-0.4, -0.2) is 72.5 Å². The second-order valence-corrected chi connectivity index (χ2v) is 12.9. The predicted octanol–water partition coefficient (Wildman–Crippen LogP) is 4.12. The summed E-state index contributed by atoms with van der Waals surface area (Å²) < 4.78 is 11.0. The summed E-state index contributed by atoms with van der Waals surface area (Å²) in [6.07, 6.45) is 0.774. The molecule has 0 saturated carbocycles. The number of rotatable bonds is 11. The average Bonchev–Trinajstić information content (AvgIpc) is 3.56. The van der Waals surface area contributed by atoms with Crippen LogP contribution >= 0.6 is 46.7 Å². The Labute approximate surface area is 258 Å². The number of β-lactam (4-membered cyclic amide) rings is 1. The Hall–Kier alpha value is -3.46. The number of nitrogens with zero attached hydrogens (tertiary/aromatic N) is 4. The summed E-state index contributed by atoms with van der Waals surface area (Å²) in [5.41, 5.74) is -0.269. The first kappa shape index (κ1) is 30.0. The van der Waals surface area contributed by atoms with E-state index in [1.807, 2.05) is 60.7 Å². The van der Waals surface area contributed by atoms with Crippen molar-refractivity contribution in [2.45, 2.75) is 21.9 Å². The zero-order chi connectivity index (χ0) is 29.7. The van der Waals surface area contributed by atoms with E-state index in [2.05, 4.69) is 19.9 Å². The van der Waals surface area contributed by atoms with Crippen LogP contribution in [0, 0.1) is 10.3 Å². The third-order valence-corrected chi connectivity index (χ3v) is 10.7. The fraction of sp³-hybridized carbons (Fsp3) is 0.296. The van der Waals surface area contributed by atoms with Crippen LogP contribution in [0.15, 0.2) is 88.0 Å². The maximum absolute atomic E-state index is 14.1. The number of hydrogen-bond acceptors (Lipinski definition) is 12. The number of hydrogen-bond donors (Lipinski definition) is 2. The van der Waals surface area contributed by atoms with Crippen LogP contribution in [0.2, 0.25) is 0 Å². The summed E-state index contributed by atoms with van der Waals surface area (Å²) in [6, 6.07) is 17.9. The molecule has 2 fully saturated rings. The number of nitrogens with one attached hydrogen (secondary N) is 1. The maximum Gasteiger partial charge on any atom is 0.316 e. The molecule has 3 atom stereocenters. The Kier molecular flexibility index (Phi) is 9.46. The van der Waals surface area contributed by atoms with E-state index in [0.717, 1.165) is 11.1 Å². The SMILES string of the molecule is O=NC(C(=O)NC1C(=O)N2CC(CSc3ncns3)(C(=O)OC(c3ccccc3)c3ccccc3)CS[C@H]12)=C(O)CCl. The van der Waals surface area contributed by atoms with Gasteiger partial charge in [-0.15, -0.1) is 28.3 Å². The van der Waals surface area contributed by atoms with Crippen molar-refractivity contribution >= 4 is 64.4 Å². The Morgan fingerprint density at radius 3 is 2.43 bits per heavy atom. The Bertz CT molecular complexity index is 1440. The third-order valence-electron chi connectivity index (χ3n) is 6.81. The van der Waals surface area contributed by atoms with Gasteiger partial charge >= 0.3 is 5.97 Å². The highest BCUT2D eigenvalue weighted by Gasteiger charge is 2.58. The largest absolute Gasteiger partial charge is 0.508 e. The molecule has 5 rings (SSSR count). The van der Waals surface area contributed by atoms with E-state index in [-0.39, 0.29) is 18.1 Å². The molecular formula is C27H24ClN5O6S3. The normalized spacial score (nSPS) is 22.0. The van der Waals surface area contributed by atoms with Crippen LogP contribution in [-0.2, 0) is 19.1 Å². The first-order chi connectivity index (χ1) is 20.4. The highest BCUT2D eigenvalue weighted by Crippen LogP contribution is 2.46. The Morgan fingerprint density at radius 2 is 1.86 bits per heavy atom. The van der Waals surface area contributed by atoms with E-state index in [4.69, 9.17) is 16.3 Å². The first-order valence-electron chi connectivity index (χ1n) is 12.6. The first-order valence-corrected chi connectivity index (χ1v) is 16.0. The summed E-state index contributed by atoms with van der Waals surface area (Å²) in [4.78, 5) is 56.6. The molecular weight excluding hydrogens is 622 g/mol. The van der Waals surface area contributed by atoms with E-state index in [0.29, 0.717) is 4.34 Å². The summed E-state index contributed by atoms with van der Waals surface area (Å²) in [7, 11) is 0. The number of ether oxygens (including phenoxy) is 1. The monoisotopic (exact) mass is 645 g/mol. The van der Waals surface area contributed by atoms with Crippen molar-refractivity contribution in [3.63, 3.8) is 0 Å². The van der Waals surface area contributed by atoms with Crippen molar-refractivity contribution in [3.05, 3.63) is 94.5 Å². The third kappa shape index (κ3) is 6.16. The molecule has 42 heavy (non-hydrogen) atoms. The molecule has 0 radical (unpaired) electrons. The summed E-state index contributed by atoms with van der Waals surface area (Å²) >= 11 is 9.41. The van der Waals surface area contributed by atoms with Crippen molar-refractivity contribution in [1.29, 1.82) is 0 Å². The number of aliphatic hydroxyl groups is 1. The highest BCUT2D eigenvalue weighted by atomic mass is 35.5. The van der Waals surface area contributed by atoms with Gasteiger partial charge in [0.15, 0.2) is 10.4 Å². The van der Waals surface area contributed by atoms with E-state index in [1.165, 1.54) is 46.3 Å². The van der Waals surface area contributed by atoms with E-state index < -0.39 is 58.1 Å². The van der Waals surface area contributed by atoms with Crippen LogP contribution in [0.5, 0.6) is 0 Å². The molecule has 2 aliphatic heterocycles. The van der Waals surface area contributed by atoms with E-state index >= 15 is 0 Å². The van der Waals surface area contributed by atoms with Gasteiger partial charge in [-0.2, -0.15) is 4.37 Å². The fourth-order valence-corrected chi connectivity index (χ4v) is 8.06. The molecule has 2 aliphatic rings. The smallest absolute Gasteiger partial charge is 0.316 e. The number of aromatic nitrogens is 2. The highest BCUT2D eigenvalue weighted by molar-refractivity contribution is 8.01. The number of esters is 1. The lowest BCUT2D eigenvalue weighted by Crippen LogP contribution is -2.74. The molecule has 2 saturated heterocycles. The average molecular weight is 646 g/mol. The molecule has 218 valence electrons. The molecule has 3 heterocycles. The van der Waals surface area contributed by atoms with Gasteiger partial charge in [-0.25, -0.2) is 4.98 Å². The lowest BCUT2D eigenvalue weighted by atomic mass is 9.88. The van der Waals surface area contributed by atoms with Crippen LogP contribution < -0.4 is 5.32 Å². The van der Waals surface area contributed by atoms with Crippen molar-refractivity contribution in [2.24, 2.45) is 10.6 Å². The predicted molar refractivity (Wildman–Crippen MR) is 160 cm³/mol. The van der Waals surface area contributed by atoms with Gasteiger partial charge in [-0.3, -0.25) is 14.4 Å². The molecule has 11 nitrogen and oxygen atoms in total. The maximum atomic E-state index is 14.1. The number of amides is 2. The molecule has 0 spiro atoms. The van der Waals surface area contributed by atoms with Gasteiger partial charge in [0, 0.05) is 18.1 Å². The van der Waals surface area contributed by atoms with Crippen LogP contribution in [0.4, 0.5) is 0 Å². The number of carbonyl (C=O) groups is 3. The standard InChI is InChI=1S/C27H24ClN5O6S3/c28-11-18(34)19(32-38)22(35)31-20-23(36)33-12-27(13-40-24(20)33,14-41-26-29-15-30-42-26)25(37)39-21(16-7-3-1-4-8-16)17-9-5-2-6-10-17/h1-10,15,20-21,24,34H,11-14H2,(H,31,35)/t20?,24-,27?/m1/s1. The number of thioether (sulfide) groups is 2. The van der Waals surface area contributed by atoms with Crippen LogP contribution in [0.25, 0.3) is 0 Å². The van der Waals surface area contributed by atoms with Crippen LogP contribution in [0.3, 0.4) is 0 Å². The number of halogens is 1. The molecule has 2 N–H and O–H groups in total. The van der Waals surface area contributed by atoms with Crippen molar-refractivity contribution in [2.75, 3.05) is 23.9 Å². The van der Waals surface area contributed by atoms with Crippen molar-refractivity contribution in [1.82, 2.24) is 19.6 Å². The molecule has 0 aliphatic carbocycles. The second kappa shape index (κ2) is 13.2. The van der Waals surface area contributed by atoms with Gasteiger partial charge in [0.25, 0.3) is 5.91 Å². The fourth-order valence-electron chi connectivity index (χ4n) is 4.64. The molecule has 15 heteroatoms.